The molecule has 19 nitrogen and oxygen atoms in total. The molecule has 0 radical (unpaired) electrons. The van der Waals surface area contributed by atoms with E-state index in [9.17, 15) is 39.9 Å². The van der Waals surface area contributed by atoms with Gasteiger partial charge in [0.25, 0.3) is 5.91 Å². The molecule has 1 amide bonds. The molecule has 1 aromatic rings. The minimum absolute atomic E-state index is 0.0737. The number of Topliss-reactive ketones (excluding diaryl/α,β-unsaturated/α-hetero) is 2. The van der Waals surface area contributed by atoms with Gasteiger partial charge in [0.2, 0.25) is 5.78 Å². The summed E-state index contributed by atoms with van der Waals surface area (Å²) in [5.74, 6) is -8.45. The fraction of sp³-hybridized carbons (Fsp3) is 0.519. The van der Waals surface area contributed by atoms with Crippen molar-refractivity contribution in [3.8, 4) is 5.75 Å². The molecule has 0 heterocycles. The van der Waals surface area contributed by atoms with E-state index in [1.165, 1.54) is 49.0 Å². The van der Waals surface area contributed by atoms with Gasteiger partial charge in [-0.3, -0.25) is 45.0 Å². The Balaban J connectivity index is 1.71. The van der Waals surface area contributed by atoms with E-state index in [2.05, 4.69) is 15.0 Å². The van der Waals surface area contributed by atoms with Crippen LogP contribution in [0.1, 0.15) is 29.3 Å². The summed E-state index contributed by atoms with van der Waals surface area (Å²) in [7, 11) is 2.97. The van der Waals surface area contributed by atoms with Crippen LogP contribution < -0.4 is 5.32 Å². The van der Waals surface area contributed by atoms with Crippen LogP contribution in [0.15, 0.2) is 40.9 Å². The average molecular weight is 656 g/mol. The molecule has 3 aliphatic carbocycles. The Morgan fingerprint density at radius 2 is 1.59 bits per heavy atom. The number of rotatable bonds is 12. The fourth-order valence-corrected chi connectivity index (χ4v) is 6.54. The Morgan fingerprint density at radius 1 is 1.00 bits per heavy atom. The number of fused-ring (bicyclic) bond motifs is 3. The summed E-state index contributed by atoms with van der Waals surface area (Å²) >= 11 is 0. The molecule has 0 saturated carbocycles. The van der Waals surface area contributed by atoms with E-state index in [1.807, 2.05) is 0 Å². The van der Waals surface area contributed by atoms with Gasteiger partial charge in [-0.05, 0) is 39.1 Å². The number of hydrogen-bond donors (Lipinski definition) is 10. The zero-order valence-corrected chi connectivity index (χ0v) is 25.1. The highest BCUT2D eigenvalue weighted by Gasteiger charge is 2.65. The topological polar surface area (TPSA) is 277 Å². The largest absolute Gasteiger partial charge is 0.510 e. The molecule has 0 aliphatic heterocycles. The summed E-state index contributed by atoms with van der Waals surface area (Å²) in [5.41, 5.74) is -6.47. The minimum Gasteiger partial charge on any atom is -0.510 e. The molecule has 4 rings (SSSR count). The summed E-state index contributed by atoms with van der Waals surface area (Å²) < 4.78 is 0. The molecular weight excluding hydrogens is 618 g/mol. The number of amides is 1. The summed E-state index contributed by atoms with van der Waals surface area (Å²) in [5, 5.41) is 93.3. The SMILES string of the molecule is CN(C)[C@@H]1C(O)=C(C(=O)NCN(CCON(O)O)CCON(O)O)C(=O)[C@@]2(O)C(O)=C3C(=O)c4c(O)cccc4C(C)(O)[C@H]3C[C@@H]12. The van der Waals surface area contributed by atoms with Gasteiger partial charge in [-0.15, -0.1) is 0 Å². The Bertz CT molecular complexity index is 1430. The molecule has 5 atom stereocenters. The van der Waals surface area contributed by atoms with E-state index in [-0.39, 0.29) is 43.9 Å². The van der Waals surface area contributed by atoms with Gasteiger partial charge in [-0.1, -0.05) is 12.1 Å². The van der Waals surface area contributed by atoms with E-state index < -0.39 is 92.4 Å². The zero-order valence-electron chi connectivity index (χ0n) is 25.1. The van der Waals surface area contributed by atoms with Crippen molar-refractivity contribution in [2.75, 3.05) is 47.1 Å². The molecule has 10 N–H and O–H groups in total. The summed E-state index contributed by atoms with van der Waals surface area (Å²) in [4.78, 5) is 52.8. The maximum Gasteiger partial charge on any atom is 0.259 e. The van der Waals surface area contributed by atoms with Gasteiger partial charge in [-0.25, -0.2) is 9.68 Å². The highest BCUT2D eigenvalue weighted by molar-refractivity contribution is 6.25. The van der Waals surface area contributed by atoms with E-state index >= 15 is 0 Å². The number of phenolic OH excluding ortho intramolecular Hbond substituents is 1. The van der Waals surface area contributed by atoms with E-state index in [0.29, 0.717) is 0 Å². The van der Waals surface area contributed by atoms with E-state index in [1.54, 1.807) is 0 Å². The minimum atomic E-state index is -2.91. The molecule has 254 valence electrons. The van der Waals surface area contributed by atoms with Crippen LogP contribution in [0.4, 0.5) is 0 Å². The van der Waals surface area contributed by atoms with Crippen molar-refractivity contribution in [1.29, 1.82) is 0 Å². The van der Waals surface area contributed by atoms with Crippen molar-refractivity contribution in [2.24, 2.45) is 11.8 Å². The average Bonchev–Trinajstić information content (AvgIpc) is 2.95. The number of carbonyl (C=O) groups is 3. The Morgan fingerprint density at radius 3 is 2.13 bits per heavy atom. The number of likely N-dealkylation sites (N-methyl/N-ethyl adjacent to an activating group) is 1. The highest BCUT2D eigenvalue weighted by atomic mass is 17.1. The van der Waals surface area contributed by atoms with Gasteiger partial charge in [0.05, 0.1) is 47.9 Å². The second-order valence-corrected chi connectivity index (χ2v) is 11.6. The maximum absolute atomic E-state index is 14.0. The fourth-order valence-electron chi connectivity index (χ4n) is 6.54. The number of nitrogens with zero attached hydrogens (tertiary/aromatic N) is 4. The van der Waals surface area contributed by atoms with Gasteiger partial charge in [0.15, 0.2) is 11.4 Å². The third kappa shape index (κ3) is 6.11. The quantitative estimate of drug-likeness (QED) is 0.0711. The predicted molar refractivity (Wildman–Crippen MR) is 148 cm³/mol. The predicted octanol–water partition coefficient (Wildman–Crippen LogP) is -1.30. The second kappa shape index (κ2) is 13.3. The first kappa shape index (κ1) is 35.3. The number of hydrogen-bond acceptors (Lipinski definition) is 18. The third-order valence-corrected chi connectivity index (χ3v) is 8.69. The lowest BCUT2D eigenvalue weighted by molar-refractivity contribution is -0.493. The Hall–Kier alpha value is -3.57. The number of aliphatic hydroxyl groups is 4. The molecule has 0 aromatic heterocycles. The molecule has 0 saturated heterocycles. The van der Waals surface area contributed by atoms with Crippen molar-refractivity contribution in [2.45, 2.75) is 30.6 Å². The van der Waals surface area contributed by atoms with Crippen LogP contribution in [0, 0.1) is 11.8 Å². The van der Waals surface area contributed by atoms with Crippen LogP contribution in [-0.2, 0) is 24.9 Å². The van der Waals surface area contributed by atoms with Crippen LogP contribution >= 0.6 is 0 Å². The van der Waals surface area contributed by atoms with E-state index in [0.717, 1.165) is 0 Å². The number of ketones is 2. The Labute approximate surface area is 261 Å². The number of aromatic hydroxyl groups is 1. The molecule has 0 bridgehead atoms. The summed E-state index contributed by atoms with van der Waals surface area (Å²) in [6.45, 7) is 0.0252. The van der Waals surface area contributed by atoms with Crippen LogP contribution in [0.25, 0.3) is 0 Å². The zero-order chi connectivity index (χ0) is 34.3. The van der Waals surface area contributed by atoms with Crippen LogP contribution in [-0.4, -0.2) is 143 Å². The van der Waals surface area contributed by atoms with Gasteiger partial charge < -0.3 is 30.8 Å². The van der Waals surface area contributed by atoms with Gasteiger partial charge >= 0.3 is 0 Å². The first-order chi connectivity index (χ1) is 21.5. The Kier molecular flexibility index (Phi) is 10.2. The maximum atomic E-state index is 14.0. The normalized spacial score (nSPS) is 27.9. The molecule has 1 aromatic carbocycles. The van der Waals surface area contributed by atoms with Crippen molar-refractivity contribution in [1.82, 2.24) is 25.9 Å². The van der Waals surface area contributed by atoms with Crippen molar-refractivity contribution in [3.63, 3.8) is 0 Å². The molecule has 1 unspecified atom stereocenters. The lowest BCUT2D eigenvalue weighted by Crippen LogP contribution is -2.65. The van der Waals surface area contributed by atoms with Crippen LogP contribution in [0.2, 0.25) is 0 Å². The van der Waals surface area contributed by atoms with E-state index in [4.69, 9.17) is 20.8 Å². The van der Waals surface area contributed by atoms with Crippen LogP contribution in [0.3, 0.4) is 0 Å². The smallest absolute Gasteiger partial charge is 0.259 e. The number of phenols is 1. The third-order valence-electron chi connectivity index (χ3n) is 8.69. The van der Waals surface area contributed by atoms with Crippen LogP contribution in [0.5, 0.6) is 5.75 Å². The lowest BCUT2D eigenvalue weighted by atomic mass is 9.55. The molecule has 19 heteroatoms. The number of nitrogens with one attached hydrogen (secondary N) is 1. The van der Waals surface area contributed by atoms with Crippen molar-refractivity contribution >= 4 is 17.5 Å². The lowest BCUT2D eigenvalue weighted by Gasteiger charge is -2.52. The van der Waals surface area contributed by atoms with Crippen molar-refractivity contribution < 1.29 is 70.4 Å². The molecular formula is C27H37N5O14. The number of aliphatic hydroxyl groups excluding tert-OH is 2. The van der Waals surface area contributed by atoms with Gasteiger partial charge in [0, 0.05) is 30.5 Å². The summed E-state index contributed by atoms with van der Waals surface area (Å²) in [6, 6.07) is 2.79. The molecule has 0 spiro atoms. The highest BCUT2D eigenvalue weighted by Crippen LogP contribution is 2.56. The number of benzene rings is 1. The molecule has 46 heavy (non-hydrogen) atoms. The standard InChI is InChI=1S/C27H37N5O14/c1-26(39)13-5-4-6-16(33)17(13)21(34)18-14(26)11-15-20(29(2)3)22(35)19(24(37)27(15,40)23(18)36)25(38)28-12-30(7-9-45-31(41)42)8-10-46-32(43)44/h4-6,14-15,20,33,35-36,39-44H,7-12H2,1-3H3,(H,28,38)/t14-,15-,20-,26?,27-/m0/s1. The second-order valence-electron chi connectivity index (χ2n) is 11.6. The molecule has 3 aliphatic rings. The monoisotopic (exact) mass is 655 g/mol. The first-order valence-corrected chi connectivity index (χ1v) is 14.0. The summed E-state index contributed by atoms with van der Waals surface area (Å²) in [6.07, 6.45) is -0.301. The van der Waals surface area contributed by atoms with Gasteiger partial charge in [0.1, 0.15) is 22.8 Å². The number of carbonyl (C=O) groups excluding carboxylic acids is 3. The van der Waals surface area contributed by atoms with Crippen molar-refractivity contribution in [3.05, 3.63) is 52.0 Å². The first-order valence-electron chi connectivity index (χ1n) is 14.0. The molecule has 0 fully saturated rings. The van der Waals surface area contributed by atoms with Gasteiger partial charge in [-0.2, -0.15) is 0 Å².